The van der Waals surface area contributed by atoms with Gasteiger partial charge in [-0.1, -0.05) is 11.6 Å². The van der Waals surface area contributed by atoms with Crippen LogP contribution < -0.4 is 15.0 Å². The number of rotatable bonds is 6. The smallest absolute Gasteiger partial charge is 0.341 e. The molecule has 32 heavy (non-hydrogen) atoms. The minimum absolute atomic E-state index is 0.284. The van der Waals surface area contributed by atoms with Gasteiger partial charge in [-0.05, 0) is 44.3 Å². The maximum Gasteiger partial charge on any atom is 0.341 e. The van der Waals surface area contributed by atoms with E-state index in [4.69, 9.17) is 21.1 Å². The number of pyridine rings is 1. The van der Waals surface area contributed by atoms with Gasteiger partial charge >= 0.3 is 5.97 Å². The quantitative estimate of drug-likeness (QED) is 0.547. The Labute approximate surface area is 192 Å². The summed E-state index contributed by atoms with van der Waals surface area (Å²) in [4.78, 5) is 21.9. The minimum atomic E-state index is -0.421. The summed E-state index contributed by atoms with van der Waals surface area (Å²) in [6.45, 7) is 5.80. The van der Waals surface area contributed by atoms with Crippen LogP contribution >= 0.6 is 11.6 Å². The largest absolute Gasteiger partial charge is 0.495 e. The van der Waals surface area contributed by atoms with E-state index in [-0.39, 0.29) is 6.61 Å². The minimum Gasteiger partial charge on any atom is -0.495 e. The monoisotopic (exact) mass is 454 g/mol. The van der Waals surface area contributed by atoms with Crippen molar-refractivity contribution >= 4 is 45.5 Å². The number of esters is 1. The van der Waals surface area contributed by atoms with E-state index in [2.05, 4.69) is 27.1 Å². The Hall–Kier alpha value is -3.03. The molecule has 3 aromatic rings. The molecule has 7 nitrogen and oxygen atoms in total. The third kappa shape index (κ3) is 4.59. The van der Waals surface area contributed by atoms with Gasteiger partial charge in [-0.25, -0.2) is 4.79 Å². The number of likely N-dealkylation sites (N-methyl/N-ethyl adjacent to an activating group) is 1. The molecular weight excluding hydrogens is 428 g/mol. The van der Waals surface area contributed by atoms with Gasteiger partial charge in [0.25, 0.3) is 0 Å². The molecule has 1 N–H and O–H groups in total. The lowest BCUT2D eigenvalue weighted by Crippen LogP contribution is -2.44. The van der Waals surface area contributed by atoms with Crippen molar-refractivity contribution in [3.05, 3.63) is 53.2 Å². The molecule has 1 saturated heterocycles. The molecule has 0 saturated carbocycles. The van der Waals surface area contributed by atoms with Gasteiger partial charge in [0, 0.05) is 54.5 Å². The Morgan fingerprint density at radius 2 is 1.88 bits per heavy atom. The van der Waals surface area contributed by atoms with Gasteiger partial charge in [0.05, 0.1) is 30.6 Å². The van der Waals surface area contributed by atoms with E-state index in [9.17, 15) is 4.79 Å². The van der Waals surface area contributed by atoms with Crippen molar-refractivity contribution in [2.45, 2.75) is 6.92 Å². The number of carbonyl (C=O) groups is 1. The van der Waals surface area contributed by atoms with E-state index in [1.54, 1.807) is 32.4 Å². The number of aromatic nitrogens is 1. The van der Waals surface area contributed by atoms with Crippen molar-refractivity contribution in [2.24, 2.45) is 0 Å². The van der Waals surface area contributed by atoms with Crippen LogP contribution in [0.25, 0.3) is 10.9 Å². The summed E-state index contributed by atoms with van der Waals surface area (Å²) < 4.78 is 11.0. The van der Waals surface area contributed by atoms with Crippen LogP contribution in [0.15, 0.2) is 42.6 Å². The van der Waals surface area contributed by atoms with Crippen LogP contribution in [0.3, 0.4) is 0 Å². The average Bonchev–Trinajstić information content (AvgIpc) is 2.80. The normalized spacial score (nSPS) is 14.4. The van der Waals surface area contributed by atoms with E-state index in [1.807, 2.05) is 24.3 Å². The molecule has 4 rings (SSSR count). The Morgan fingerprint density at radius 1 is 1.16 bits per heavy atom. The van der Waals surface area contributed by atoms with Crippen LogP contribution in [-0.4, -0.2) is 62.8 Å². The molecule has 1 aliphatic rings. The Kier molecular flexibility index (Phi) is 6.67. The average molecular weight is 455 g/mol. The van der Waals surface area contributed by atoms with Crippen molar-refractivity contribution < 1.29 is 14.3 Å². The molecular formula is C24H27ClN4O3. The van der Waals surface area contributed by atoms with E-state index in [1.165, 1.54) is 0 Å². The highest BCUT2D eigenvalue weighted by Gasteiger charge is 2.22. The highest BCUT2D eigenvalue weighted by atomic mass is 35.5. The van der Waals surface area contributed by atoms with E-state index in [0.717, 1.165) is 54.2 Å². The summed E-state index contributed by atoms with van der Waals surface area (Å²) in [5, 5.41) is 4.85. The number of piperazine rings is 1. The maximum atomic E-state index is 12.7. The van der Waals surface area contributed by atoms with Gasteiger partial charge in [-0.3, -0.25) is 4.98 Å². The molecule has 2 heterocycles. The van der Waals surface area contributed by atoms with Crippen LogP contribution in [0.4, 0.5) is 17.1 Å². The number of hydrogen-bond acceptors (Lipinski definition) is 7. The number of halogens is 1. The number of fused-ring (bicyclic) bond motifs is 1. The SMILES string of the molecule is CCOC(=O)c1cnc2cc(OC)c(N3CCN(C)CC3)cc2c1Nc1ccc(Cl)cc1. The molecule has 0 unspecified atom stereocenters. The van der Waals surface area contributed by atoms with Crippen LogP contribution in [0.2, 0.25) is 5.02 Å². The Balaban J connectivity index is 1.86. The lowest BCUT2D eigenvalue weighted by atomic mass is 10.1. The second-order valence-corrected chi connectivity index (χ2v) is 8.17. The predicted octanol–water partition coefficient (Wildman–Crippen LogP) is 4.57. The van der Waals surface area contributed by atoms with E-state index >= 15 is 0 Å². The van der Waals surface area contributed by atoms with Crippen molar-refractivity contribution in [1.29, 1.82) is 0 Å². The first-order valence-electron chi connectivity index (χ1n) is 10.6. The van der Waals surface area contributed by atoms with Crippen LogP contribution in [0, 0.1) is 0 Å². The Bertz CT molecular complexity index is 1110. The molecule has 1 aliphatic heterocycles. The molecule has 8 heteroatoms. The number of hydrogen-bond donors (Lipinski definition) is 1. The zero-order chi connectivity index (χ0) is 22.7. The molecule has 168 valence electrons. The number of methoxy groups -OCH3 is 1. The topological polar surface area (TPSA) is 66.9 Å². The number of carbonyl (C=O) groups excluding carboxylic acids is 1. The molecule has 1 fully saturated rings. The van der Waals surface area contributed by atoms with Gasteiger partial charge in [0.1, 0.15) is 11.3 Å². The highest BCUT2D eigenvalue weighted by molar-refractivity contribution is 6.30. The number of nitrogens with zero attached hydrogens (tertiary/aromatic N) is 3. The van der Waals surface area contributed by atoms with Crippen molar-refractivity contribution in [1.82, 2.24) is 9.88 Å². The zero-order valence-electron chi connectivity index (χ0n) is 18.5. The molecule has 0 amide bonds. The van der Waals surface area contributed by atoms with Gasteiger partial charge in [-0.2, -0.15) is 0 Å². The molecule has 0 aliphatic carbocycles. The fourth-order valence-electron chi connectivity index (χ4n) is 3.84. The van der Waals surface area contributed by atoms with E-state index in [0.29, 0.717) is 16.3 Å². The fourth-order valence-corrected chi connectivity index (χ4v) is 3.97. The lowest BCUT2D eigenvalue weighted by molar-refractivity contribution is 0.0527. The fraction of sp³-hybridized carbons (Fsp3) is 0.333. The molecule has 0 atom stereocenters. The summed E-state index contributed by atoms with van der Waals surface area (Å²) in [7, 11) is 3.79. The number of anilines is 3. The first-order valence-corrected chi connectivity index (χ1v) is 11.0. The lowest BCUT2D eigenvalue weighted by Gasteiger charge is -2.35. The molecule has 0 bridgehead atoms. The first kappa shape index (κ1) is 22.2. The van der Waals surface area contributed by atoms with E-state index < -0.39 is 5.97 Å². The molecule has 0 radical (unpaired) electrons. The van der Waals surface area contributed by atoms with Gasteiger partial charge in [0.2, 0.25) is 0 Å². The van der Waals surface area contributed by atoms with Crippen molar-refractivity contribution in [3.63, 3.8) is 0 Å². The highest BCUT2D eigenvalue weighted by Crippen LogP contribution is 2.38. The van der Waals surface area contributed by atoms with Gasteiger partial charge in [0.15, 0.2) is 0 Å². The molecule has 0 spiro atoms. The summed E-state index contributed by atoms with van der Waals surface area (Å²) in [6.07, 6.45) is 1.55. The van der Waals surface area contributed by atoms with Crippen molar-refractivity contribution in [2.75, 3.05) is 57.2 Å². The van der Waals surface area contributed by atoms with Crippen LogP contribution in [-0.2, 0) is 4.74 Å². The number of ether oxygens (including phenoxy) is 2. The second-order valence-electron chi connectivity index (χ2n) is 7.73. The Morgan fingerprint density at radius 3 is 2.53 bits per heavy atom. The van der Waals surface area contributed by atoms with Crippen LogP contribution in [0.1, 0.15) is 17.3 Å². The molecule has 1 aromatic heterocycles. The zero-order valence-corrected chi connectivity index (χ0v) is 19.3. The summed E-state index contributed by atoms with van der Waals surface area (Å²) in [5.41, 5.74) is 3.54. The maximum absolute atomic E-state index is 12.7. The van der Waals surface area contributed by atoms with Crippen LogP contribution in [0.5, 0.6) is 5.75 Å². The summed E-state index contributed by atoms with van der Waals surface area (Å²) in [6, 6.07) is 11.3. The number of benzene rings is 2. The third-order valence-electron chi connectivity index (χ3n) is 5.62. The standard InChI is InChI=1S/C24H27ClN4O3/c1-4-32-24(30)19-15-26-20-14-22(31-3)21(29-11-9-28(2)10-12-29)13-18(20)23(19)27-17-7-5-16(25)6-8-17/h5-8,13-15H,4,9-12H2,1-3H3,(H,26,27). The summed E-state index contributed by atoms with van der Waals surface area (Å²) in [5.74, 6) is 0.339. The third-order valence-corrected chi connectivity index (χ3v) is 5.87. The number of nitrogens with one attached hydrogen (secondary N) is 1. The molecule has 2 aromatic carbocycles. The van der Waals surface area contributed by atoms with Gasteiger partial charge < -0.3 is 24.6 Å². The predicted molar refractivity (Wildman–Crippen MR) is 129 cm³/mol. The van der Waals surface area contributed by atoms with Crippen molar-refractivity contribution in [3.8, 4) is 5.75 Å². The first-order chi connectivity index (χ1) is 15.5. The summed E-state index contributed by atoms with van der Waals surface area (Å²) >= 11 is 6.05. The second kappa shape index (κ2) is 9.63. The van der Waals surface area contributed by atoms with Gasteiger partial charge in [-0.15, -0.1) is 0 Å².